The molecule has 0 spiro atoms. The van der Waals surface area contributed by atoms with Crippen LogP contribution in [-0.2, 0) is 17.7 Å². The number of imidazole rings is 1. The van der Waals surface area contributed by atoms with Gasteiger partial charge in [-0.25, -0.2) is 4.98 Å². The van der Waals surface area contributed by atoms with Gasteiger partial charge in [0.15, 0.2) is 0 Å². The van der Waals surface area contributed by atoms with E-state index >= 15 is 0 Å². The number of para-hydroxylation sites is 2. The molecule has 0 atom stereocenters. The molecule has 0 fully saturated rings. The molecule has 0 unspecified atom stereocenters. The molecule has 0 radical (unpaired) electrons. The van der Waals surface area contributed by atoms with Crippen LogP contribution in [0.5, 0.6) is 0 Å². The van der Waals surface area contributed by atoms with Gasteiger partial charge in [-0.3, -0.25) is 4.79 Å². The highest BCUT2D eigenvalue weighted by molar-refractivity contribution is 6.33. The minimum absolute atomic E-state index is 0.174. The van der Waals surface area contributed by atoms with Crippen molar-refractivity contribution in [2.75, 3.05) is 19.8 Å². The molecule has 26 heavy (non-hydrogen) atoms. The molecule has 1 amide bonds. The fourth-order valence-electron chi connectivity index (χ4n) is 2.89. The summed E-state index contributed by atoms with van der Waals surface area (Å²) >= 11 is 6.07. The van der Waals surface area contributed by atoms with Crippen molar-refractivity contribution in [2.45, 2.75) is 19.9 Å². The third-order valence-corrected chi connectivity index (χ3v) is 4.48. The molecule has 0 bridgehead atoms. The summed E-state index contributed by atoms with van der Waals surface area (Å²) in [6, 6.07) is 15.1. The zero-order valence-corrected chi connectivity index (χ0v) is 15.5. The maximum absolute atomic E-state index is 12.3. The van der Waals surface area contributed by atoms with Crippen molar-refractivity contribution in [2.24, 2.45) is 0 Å². The highest BCUT2D eigenvalue weighted by Gasteiger charge is 2.12. The van der Waals surface area contributed by atoms with E-state index in [1.807, 2.05) is 25.1 Å². The number of hydrogen-bond acceptors (Lipinski definition) is 3. The first kappa shape index (κ1) is 18.4. The lowest BCUT2D eigenvalue weighted by atomic mass is 10.2. The van der Waals surface area contributed by atoms with Crippen molar-refractivity contribution in [3.05, 3.63) is 64.9 Å². The quantitative estimate of drug-likeness (QED) is 0.614. The van der Waals surface area contributed by atoms with Gasteiger partial charge in [0.2, 0.25) is 0 Å². The summed E-state index contributed by atoms with van der Waals surface area (Å²) in [5.74, 6) is 0.762. The third-order valence-electron chi connectivity index (χ3n) is 4.15. The third kappa shape index (κ3) is 4.23. The number of benzene rings is 2. The number of fused-ring (bicyclic) bond motifs is 1. The fourth-order valence-corrected chi connectivity index (χ4v) is 3.12. The molecular weight excluding hydrogens is 350 g/mol. The maximum atomic E-state index is 12.3. The molecule has 1 heterocycles. The topological polar surface area (TPSA) is 56.1 Å². The molecule has 3 rings (SSSR count). The number of carbonyl (C=O) groups excluding carboxylic acids is 1. The summed E-state index contributed by atoms with van der Waals surface area (Å²) in [5.41, 5.74) is 2.52. The lowest BCUT2D eigenvalue weighted by molar-refractivity contribution is 0.0954. The molecule has 2 aromatic carbocycles. The van der Waals surface area contributed by atoms with Gasteiger partial charge in [-0.05, 0) is 31.2 Å². The summed E-state index contributed by atoms with van der Waals surface area (Å²) in [6.07, 6.45) is 0.636. The summed E-state index contributed by atoms with van der Waals surface area (Å²) < 4.78 is 7.65. The van der Waals surface area contributed by atoms with Crippen LogP contribution in [0.3, 0.4) is 0 Å². The highest BCUT2D eigenvalue weighted by Crippen LogP contribution is 2.17. The van der Waals surface area contributed by atoms with Gasteiger partial charge in [0, 0.05) is 26.1 Å². The molecule has 1 aromatic heterocycles. The van der Waals surface area contributed by atoms with Gasteiger partial charge >= 0.3 is 0 Å². The smallest absolute Gasteiger partial charge is 0.252 e. The van der Waals surface area contributed by atoms with Gasteiger partial charge < -0.3 is 14.6 Å². The van der Waals surface area contributed by atoms with Gasteiger partial charge in [-0.2, -0.15) is 0 Å². The average molecular weight is 372 g/mol. The van der Waals surface area contributed by atoms with Crippen LogP contribution in [0.4, 0.5) is 0 Å². The van der Waals surface area contributed by atoms with Gasteiger partial charge in [-0.15, -0.1) is 0 Å². The largest absolute Gasteiger partial charge is 0.380 e. The Morgan fingerprint density at radius 3 is 2.77 bits per heavy atom. The monoisotopic (exact) mass is 371 g/mol. The molecule has 5 nitrogen and oxygen atoms in total. The minimum Gasteiger partial charge on any atom is -0.380 e. The van der Waals surface area contributed by atoms with Crippen molar-refractivity contribution >= 4 is 28.5 Å². The zero-order chi connectivity index (χ0) is 18.4. The van der Waals surface area contributed by atoms with E-state index in [4.69, 9.17) is 21.3 Å². The number of rotatable bonds is 8. The van der Waals surface area contributed by atoms with Crippen molar-refractivity contribution in [3.63, 3.8) is 0 Å². The van der Waals surface area contributed by atoms with Gasteiger partial charge in [0.1, 0.15) is 5.82 Å². The van der Waals surface area contributed by atoms with Crippen LogP contribution in [0, 0.1) is 0 Å². The Balaban J connectivity index is 1.69. The molecule has 136 valence electrons. The number of ether oxygens (including phenoxy) is 1. The number of hydrogen-bond donors (Lipinski definition) is 1. The SMILES string of the molecule is CCOCCn1c(CCNC(=O)c2ccccc2Cl)nc2ccccc21. The second-order valence-electron chi connectivity index (χ2n) is 5.85. The summed E-state index contributed by atoms with van der Waals surface area (Å²) in [5, 5.41) is 3.37. The molecule has 0 aliphatic carbocycles. The molecule has 0 saturated heterocycles. The Hall–Kier alpha value is -2.37. The average Bonchev–Trinajstić information content (AvgIpc) is 3.00. The van der Waals surface area contributed by atoms with E-state index in [9.17, 15) is 4.79 Å². The Morgan fingerprint density at radius 2 is 1.96 bits per heavy atom. The first-order chi connectivity index (χ1) is 12.7. The van der Waals surface area contributed by atoms with Crippen molar-refractivity contribution in [3.8, 4) is 0 Å². The molecule has 0 saturated carbocycles. The van der Waals surface area contributed by atoms with Crippen LogP contribution in [0.1, 0.15) is 23.1 Å². The molecular formula is C20H22ClN3O2. The molecule has 0 aliphatic heterocycles. The van der Waals surface area contributed by atoms with Crippen LogP contribution < -0.4 is 5.32 Å². The fraction of sp³-hybridized carbons (Fsp3) is 0.300. The first-order valence-electron chi connectivity index (χ1n) is 8.75. The van der Waals surface area contributed by atoms with Gasteiger partial charge in [0.05, 0.1) is 28.2 Å². The number of aromatic nitrogens is 2. The highest BCUT2D eigenvalue weighted by atomic mass is 35.5. The van der Waals surface area contributed by atoms with Crippen LogP contribution in [0.25, 0.3) is 11.0 Å². The van der Waals surface area contributed by atoms with Crippen LogP contribution in [0.15, 0.2) is 48.5 Å². The minimum atomic E-state index is -0.174. The Kier molecular flexibility index (Phi) is 6.26. The number of amides is 1. The second kappa shape index (κ2) is 8.83. The molecule has 0 aliphatic rings. The first-order valence-corrected chi connectivity index (χ1v) is 9.13. The zero-order valence-electron chi connectivity index (χ0n) is 14.7. The summed E-state index contributed by atoms with van der Waals surface area (Å²) in [4.78, 5) is 17.0. The van der Waals surface area contributed by atoms with E-state index in [0.29, 0.717) is 36.8 Å². The van der Waals surface area contributed by atoms with Crippen molar-refractivity contribution < 1.29 is 9.53 Å². The van der Waals surface area contributed by atoms with Gasteiger partial charge in [0.25, 0.3) is 5.91 Å². The van der Waals surface area contributed by atoms with Gasteiger partial charge in [-0.1, -0.05) is 35.9 Å². The van der Waals surface area contributed by atoms with E-state index in [-0.39, 0.29) is 5.91 Å². The molecule has 1 N–H and O–H groups in total. The lowest BCUT2D eigenvalue weighted by Crippen LogP contribution is -2.27. The molecule has 6 heteroatoms. The number of nitrogens with one attached hydrogen (secondary N) is 1. The standard InChI is InChI=1S/C20H22ClN3O2/c1-2-26-14-13-24-18-10-6-5-9-17(18)23-19(24)11-12-22-20(25)15-7-3-4-8-16(15)21/h3-10H,2,11-14H2,1H3,(H,22,25). The van der Waals surface area contributed by atoms with E-state index < -0.39 is 0 Å². The maximum Gasteiger partial charge on any atom is 0.252 e. The number of halogens is 1. The normalized spacial score (nSPS) is 11.0. The lowest BCUT2D eigenvalue weighted by Gasteiger charge is -2.10. The Labute approximate surface area is 157 Å². The predicted molar refractivity (Wildman–Crippen MR) is 104 cm³/mol. The van der Waals surface area contributed by atoms with Crippen molar-refractivity contribution in [1.29, 1.82) is 0 Å². The second-order valence-corrected chi connectivity index (χ2v) is 6.26. The number of carbonyl (C=O) groups is 1. The van der Waals surface area contributed by atoms with Crippen LogP contribution >= 0.6 is 11.6 Å². The van der Waals surface area contributed by atoms with E-state index in [1.54, 1.807) is 24.3 Å². The number of nitrogens with zero attached hydrogens (tertiary/aromatic N) is 2. The predicted octanol–water partition coefficient (Wildman–Crippen LogP) is 3.70. The molecule has 3 aromatic rings. The summed E-state index contributed by atoms with van der Waals surface area (Å²) in [6.45, 7) is 4.53. The summed E-state index contributed by atoms with van der Waals surface area (Å²) in [7, 11) is 0. The Bertz CT molecular complexity index is 892. The van der Waals surface area contributed by atoms with Crippen LogP contribution in [-0.4, -0.2) is 35.2 Å². The van der Waals surface area contributed by atoms with E-state index in [2.05, 4.69) is 16.0 Å². The van der Waals surface area contributed by atoms with E-state index in [1.165, 1.54) is 0 Å². The van der Waals surface area contributed by atoms with E-state index in [0.717, 1.165) is 23.4 Å². The van der Waals surface area contributed by atoms with Crippen LogP contribution in [0.2, 0.25) is 5.02 Å². The Morgan fingerprint density at radius 1 is 1.19 bits per heavy atom. The van der Waals surface area contributed by atoms with Crippen molar-refractivity contribution in [1.82, 2.24) is 14.9 Å².